The van der Waals surface area contributed by atoms with Gasteiger partial charge in [0.15, 0.2) is 0 Å². The third kappa shape index (κ3) is 4.14. The van der Waals surface area contributed by atoms with E-state index in [1.165, 1.54) is 24.3 Å². The molecule has 1 atom stereocenters. The molecule has 0 bridgehead atoms. The van der Waals surface area contributed by atoms with Gasteiger partial charge >= 0.3 is 0 Å². The van der Waals surface area contributed by atoms with E-state index >= 15 is 0 Å². The molecule has 0 amide bonds. The van der Waals surface area contributed by atoms with Crippen molar-refractivity contribution in [1.29, 1.82) is 0 Å². The number of halogens is 1. The van der Waals surface area contributed by atoms with E-state index in [2.05, 4.69) is 11.8 Å². The molecular weight excluding hydrogens is 191 g/mol. The maximum absolute atomic E-state index is 12.6. The van der Waals surface area contributed by atoms with Crippen molar-refractivity contribution in [2.24, 2.45) is 5.41 Å². The number of hydrogen-bond acceptors (Lipinski definition) is 1. The lowest BCUT2D eigenvalue weighted by atomic mass is 9.97. The molecule has 0 aliphatic heterocycles. The summed E-state index contributed by atoms with van der Waals surface area (Å²) in [6.07, 6.45) is -0.843. The van der Waals surface area contributed by atoms with Crippen LogP contribution in [0.3, 0.4) is 0 Å². The van der Waals surface area contributed by atoms with Gasteiger partial charge in [-0.25, -0.2) is 4.39 Å². The quantitative estimate of drug-likeness (QED) is 0.700. The molecule has 0 aromatic heterocycles. The van der Waals surface area contributed by atoms with Gasteiger partial charge in [-0.3, -0.25) is 0 Å². The lowest BCUT2D eigenvalue weighted by Gasteiger charge is -2.09. The topological polar surface area (TPSA) is 20.2 Å². The zero-order valence-corrected chi connectivity index (χ0v) is 9.21. The molecule has 1 aromatic carbocycles. The Morgan fingerprint density at radius 1 is 1.20 bits per heavy atom. The molecule has 2 heteroatoms. The van der Waals surface area contributed by atoms with E-state index in [0.29, 0.717) is 5.56 Å². The van der Waals surface area contributed by atoms with Crippen molar-refractivity contribution in [1.82, 2.24) is 0 Å². The molecule has 80 valence electrons. The SMILES string of the molecule is CC(C)(C)C#CC(O)c1ccc(F)cc1. The molecule has 1 nitrogen and oxygen atoms in total. The van der Waals surface area contributed by atoms with Crippen molar-refractivity contribution < 1.29 is 9.50 Å². The third-order valence-electron chi connectivity index (χ3n) is 1.77. The molecule has 0 heterocycles. The van der Waals surface area contributed by atoms with Gasteiger partial charge in [0.25, 0.3) is 0 Å². The summed E-state index contributed by atoms with van der Waals surface area (Å²) < 4.78 is 12.6. The highest BCUT2D eigenvalue weighted by Crippen LogP contribution is 2.15. The van der Waals surface area contributed by atoms with Crippen molar-refractivity contribution in [3.8, 4) is 11.8 Å². The highest BCUT2D eigenvalue weighted by molar-refractivity contribution is 5.26. The third-order valence-corrected chi connectivity index (χ3v) is 1.77. The van der Waals surface area contributed by atoms with Crippen molar-refractivity contribution in [3.05, 3.63) is 35.6 Å². The van der Waals surface area contributed by atoms with E-state index in [9.17, 15) is 9.50 Å². The van der Waals surface area contributed by atoms with Gasteiger partial charge in [-0.15, -0.1) is 0 Å². The van der Waals surface area contributed by atoms with Crippen LogP contribution in [0.5, 0.6) is 0 Å². The van der Waals surface area contributed by atoms with E-state index in [1.807, 2.05) is 20.8 Å². The molecule has 15 heavy (non-hydrogen) atoms. The highest BCUT2D eigenvalue weighted by Gasteiger charge is 2.07. The summed E-state index contributed by atoms with van der Waals surface area (Å²) in [4.78, 5) is 0. The van der Waals surface area contributed by atoms with Crippen LogP contribution < -0.4 is 0 Å². The maximum Gasteiger partial charge on any atom is 0.140 e. The van der Waals surface area contributed by atoms with Crippen LogP contribution in [-0.2, 0) is 0 Å². The van der Waals surface area contributed by atoms with E-state index in [-0.39, 0.29) is 11.2 Å². The second-order valence-electron chi connectivity index (χ2n) is 4.47. The first kappa shape index (κ1) is 11.7. The minimum absolute atomic E-state index is 0.138. The Morgan fingerprint density at radius 3 is 2.20 bits per heavy atom. The zero-order chi connectivity index (χ0) is 11.5. The number of hydrogen-bond donors (Lipinski definition) is 1. The monoisotopic (exact) mass is 206 g/mol. The summed E-state index contributed by atoms with van der Waals surface area (Å²) in [5.74, 6) is 5.37. The van der Waals surface area contributed by atoms with E-state index in [4.69, 9.17) is 0 Å². The average Bonchev–Trinajstić information content (AvgIpc) is 2.14. The highest BCUT2D eigenvalue weighted by atomic mass is 19.1. The number of aliphatic hydroxyl groups excluding tert-OH is 1. The number of benzene rings is 1. The number of aliphatic hydroxyl groups is 1. The first-order chi connectivity index (χ1) is 6.88. The first-order valence-electron chi connectivity index (χ1n) is 4.85. The van der Waals surface area contributed by atoms with Crippen molar-refractivity contribution in [2.45, 2.75) is 26.9 Å². The summed E-state index contributed by atoms with van der Waals surface area (Å²) in [6.45, 7) is 5.91. The summed E-state index contributed by atoms with van der Waals surface area (Å²) in [7, 11) is 0. The molecule has 0 aliphatic carbocycles. The van der Waals surface area contributed by atoms with Crippen molar-refractivity contribution >= 4 is 0 Å². The molecule has 1 aromatic rings. The lowest BCUT2D eigenvalue weighted by molar-refractivity contribution is 0.237. The first-order valence-corrected chi connectivity index (χ1v) is 4.85. The smallest absolute Gasteiger partial charge is 0.140 e. The largest absolute Gasteiger partial charge is 0.376 e. The van der Waals surface area contributed by atoms with Crippen LogP contribution in [0.2, 0.25) is 0 Å². The molecule has 1 unspecified atom stereocenters. The molecule has 0 radical (unpaired) electrons. The Labute approximate surface area is 89.9 Å². The Balaban J connectivity index is 2.80. The summed E-state index contributed by atoms with van der Waals surface area (Å²) >= 11 is 0. The number of rotatable bonds is 1. The second kappa shape index (κ2) is 4.46. The maximum atomic E-state index is 12.6. The van der Waals surface area contributed by atoms with E-state index < -0.39 is 6.10 Å². The van der Waals surface area contributed by atoms with Crippen LogP contribution in [0.4, 0.5) is 4.39 Å². The van der Waals surface area contributed by atoms with Gasteiger partial charge in [0, 0.05) is 5.41 Å². The van der Waals surface area contributed by atoms with Gasteiger partial charge in [0.05, 0.1) is 0 Å². The molecule has 1 rings (SSSR count). The van der Waals surface area contributed by atoms with Gasteiger partial charge in [-0.1, -0.05) is 24.0 Å². The second-order valence-corrected chi connectivity index (χ2v) is 4.47. The minimum Gasteiger partial charge on any atom is -0.376 e. The summed E-state index contributed by atoms with van der Waals surface area (Å²) in [5, 5.41) is 9.68. The van der Waals surface area contributed by atoms with Crippen LogP contribution in [-0.4, -0.2) is 5.11 Å². The molecular formula is C13H15FO. The molecule has 0 fully saturated rings. The van der Waals surface area contributed by atoms with Gasteiger partial charge in [0.1, 0.15) is 11.9 Å². The van der Waals surface area contributed by atoms with Crippen molar-refractivity contribution in [3.63, 3.8) is 0 Å². The van der Waals surface area contributed by atoms with Gasteiger partial charge in [-0.05, 0) is 38.5 Å². The molecule has 0 saturated carbocycles. The Kier molecular flexibility index (Phi) is 3.49. The predicted octanol–water partition coefficient (Wildman–Crippen LogP) is 2.91. The molecule has 0 aliphatic rings. The zero-order valence-electron chi connectivity index (χ0n) is 9.21. The van der Waals surface area contributed by atoms with Crippen LogP contribution in [0.1, 0.15) is 32.4 Å². The average molecular weight is 206 g/mol. The molecule has 0 saturated heterocycles. The summed E-state index contributed by atoms with van der Waals surface area (Å²) in [5.41, 5.74) is 0.481. The van der Waals surface area contributed by atoms with Gasteiger partial charge in [0.2, 0.25) is 0 Å². The van der Waals surface area contributed by atoms with E-state index in [1.54, 1.807) is 0 Å². The van der Waals surface area contributed by atoms with Crippen LogP contribution in [0, 0.1) is 23.1 Å². The normalized spacial score (nSPS) is 12.9. The van der Waals surface area contributed by atoms with Gasteiger partial charge in [-0.2, -0.15) is 0 Å². The lowest BCUT2D eigenvalue weighted by Crippen LogP contribution is -2.01. The Morgan fingerprint density at radius 2 is 1.73 bits per heavy atom. The molecule has 0 spiro atoms. The Bertz CT molecular complexity index is 376. The van der Waals surface area contributed by atoms with Crippen LogP contribution >= 0.6 is 0 Å². The van der Waals surface area contributed by atoms with Crippen LogP contribution in [0.25, 0.3) is 0 Å². The van der Waals surface area contributed by atoms with Crippen LogP contribution in [0.15, 0.2) is 24.3 Å². The fourth-order valence-electron chi connectivity index (χ4n) is 1.01. The standard InChI is InChI=1S/C13H15FO/c1-13(2,3)9-8-12(15)10-4-6-11(14)7-5-10/h4-7,12,15H,1-3H3. The Hall–Kier alpha value is -1.33. The minimum atomic E-state index is -0.843. The van der Waals surface area contributed by atoms with Crippen molar-refractivity contribution in [2.75, 3.05) is 0 Å². The molecule has 1 N–H and O–H groups in total. The fraction of sp³-hybridized carbons (Fsp3) is 0.385. The summed E-state index contributed by atoms with van der Waals surface area (Å²) in [6, 6.07) is 5.71. The fourth-order valence-corrected chi connectivity index (χ4v) is 1.01. The van der Waals surface area contributed by atoms with Gasteiger partial charge < -0.3 is 5.11 Å². The van der Waals surface area contributed by atoms with E-state index in [0.717, 1.165) is 0 Å². The predicted molar refractivity (Wildman–Crippen MR) is 58.6 cm³/mol.